The first-order valence-electron chi connectivity index (χ1n) is 9.22. The first-order valence-corrected chi connectivity index (χ1v) is 10.4. The first kappa shape index (κ1) is 22.6. The molecular weight excluding hydrogens is 483 g/mol. The number of amides is 2. The molecule has 3 N–H and O–H groups in total. The highest BCUT2D eigenvalue weighted by Crippen LogP contribution is 2.35. The SMILES string of the molecule is CC(NC(=O)c1ncnc2[nH]ccc12)c1ncc(C(=O)Nc2cc(C(F)(F)F)c(Cl)cn2)s1. The van der Waals surface area contributed by atoms with E-state index in [1.165, 1.54) is 12.5 Å². The molecule has 33 heavy (non-hydrogen) atoms. The minimum Gasteiger partial charge on any atom is -0.346 e. The van der Waals surface area contributed by atoms with Crippen LogP contribution in [-0.4, -0.2) is 36.7 Å². The Morgan fingerprint density at radius 1 is 1.15 bits per heavy atom. The molecule has 0 aliphatic carbocycles. The number of nitrogens with one attached hydrogen (secondary N) is 3. The second-order valence-electron chi connectivity index (χ2n) is 6.72. The van der Waals surface area contributed by atoms with Gasteiger partial charge in [-0.3, -0.25) is 9.59 Å². The predicted molar refractivity (Wildman–Crippen MR) is 114 cm³/mol. The molecule has 4 heterocycles. The second-order valence-corrected chi connectivity index (χ2v) is 8.19. The maximum atomic E-state index is 13.0. The number of hydrogen-bond donors (Lipinski definition) is 3. The number of rotatable bonds is 5. The first-order chi connectivity index (χ1) is 15.6. The Balaban J connectivity index is 1.46. The van der Waals surface area contributed by atoms with Gasteiger partial charge in [0.1, 0.15) is 33.4 Å². The Kier molecular flexibility index (Phi) is 5.99. The molecule has 9 nitrogen and oxygen atoms in total. The van der Waals surface area contributed by atoms with E-state index in [1.807, 2.05) is 0 Å². The number of aromatic nitrogens is 5. The van der Waals surface area contributed by atoms with Gasteiger partial charge in [0.05, 0.1) is 28.2 Å². The summed E-state index contributed by atoms with van der Waals surface area (Å²) < 4.78 is 39.0. The van der Waals surface area contributed by atoms with Gasteiger partial charge in [0.25, 0.3) is 11.8 Å². The summed E-state index contributed by atoms with van der Waals surface area (Å²) in [7, 11) is 0. The number of H-pyrrole nitrogens is 1. The summed E-state index contributed by atoms with van der Waals surface area (Å²) in [4.78, 5) is 44.0. The smallest absolute Gasteiger partial charge is 0.346 e. The lowest BCUT2D eigenvalue weighted by atomic mass is 10.2. The Labute approximate surface area is 192 Å². The van der Waals surface area contributed by atoms with Gasteiger partial charge in [0, 0.05) is 12.4 Å². The third-order valence-electron chi connectivity index (χ3n) is 4.44. The number of halogens is 4. The van der Waals surface area contributed by atoms with Crippen LogP contribution < -0.4 is 10.6 Å². The molecule has 0 aromatic carbocycles. The standard InChI is InChI=1S/C19H13ClF3N7O2S/c1-8(29-17(32)14-9-2-3-24-15(9)28-7-27-14)18-26-6-12(33-18)16(31)30-13-4-10(19(21,22)23)11(20)5-25-13/h2-8H,1H3,(H,29,32)(H,24,27,28)(H,25,30,31). The fourth-order valence-electron chi connectivity index (χ4n) is 2.88. The Bertz CT molecular complexity index is 1350. The van der Waals surface area contributed by atoms with Crippen LogP contribution in [0, 0.1) is 0 Å². The van der Waals surface area contributed by atoms with Gasteiger partial charge in [0.2, 0.25) is 0 Å². The highest BCUT2D eigenvalue weighted by molar-refractivity contribution is 7.13. The summed E-state index contributed by atoms with van der Waals surface area (Å²) in [5, 5.41) is 5.42. The van der Waals surface area contributed by atoms with Crippen molar-refractivity contribution < 1.29 is 22.8 Å². The van der Waals surface area contributed by atoms with Crippen molar-refractivity contribution in [2.75, 3.05) is 5.32 Å². The van der Waals surface area contributed by atoms with Crippen molar-refractivity contribution in [2.24, 2.45) is 0 Å². The van der Waals surface area contributed by atoms with Gasteiger partial charge >= 0.3 is 6.18 Å². The Morgan fingerprint density at radius 3 is 2.70 bits per heavy atom. The summed E-state index contributed by atoms with van der Waals surface area (Å²) >= 11 is 6.51. The van der Waals surface area contributed by atoms with Crippen molar-refractivity contribution in [2.45, 2.75) is 19.1 Å². The lowest BCUT2D eigenvalue weighted by molar-refractivity contribution is -0.137. The molecule has 2 amide bonds. The number of carbonyl (C=O) groups is 2. The highest BCUT2D eigenvalue weighted by atomic mass is 35.5. The third kappa shape index (κ3) is 4.78. The van der Waals surface area contributed by atoms with E-state index >= 15 is 0 Å². The highest BCUT2D eigenvalue weighted by Gasteiger charge is 2.34. The minimum atomic E-state index is -4.69. The van der Waals surface area contributed by atoms with Gasteiger partial charge in [-0.15, -0.1) is 11.3 Å². The van der Waals surface area contributed by atoms with E-state index in [4.69, 9.17) is 11.6 Å². The molecule has 0 radical (unpaired) electrons. The number of fused-ring (bicyclic) bond motifs is 1. The lowest BCUT2D eigenvalue weighted by Crippen LogP contribution is -2.27. The second kappa shape index (κ2) is 8.75. The number of aromatic amines is 1. The maximum Gasteiger partial charge on any atom is 0.418 e. The molecular formula is C19H13ClF3N7O2S. The van der Waals surface area contributed by atoms with Crippen molar-refractivity contribution in [3.8, 4) is 0 Å². The molecule has 14 heteroatoms. The molecule has 0 aliphatic rings. The molecule has 0 bridgehead atoms. The van der Waals surface area contributed by atoms with Crippen LogP contribution in [0.4, 0.5) is 19.0 Å². The molecule has 4 aromatic rings. The minimum absolute atomic E-state index is 0.117. The van der Waals surface area contributed by atoms with E-state index in [2.05, 4.69) is 35.6 Å². The number of carbonyl (C=O) groups excluding carboxylic acids is 2. The van der Waals surface area contributed by atoms with Crippen molar-refractivity contribution in [3.63, 3.8) is 0 Å². The zero-order valence-electron chi connectivity index (χ0n) is 16.6. The van der Waals surface area contributed by atoms with Crippen LogP contribution in [0.25, 0.3) is 11.0 Å². The molecule has 0 aliphatic heterocycles. The molecule has 4 rings (SSSR count). The number of anilines is 1. The van der Waals surface area contributed by atoms with Gasteiger partial charge in [-0.2, -0.15) is 13.2 Å². The van der Waals surface area contributed by atoms with Crippen LogP contribution >= 0.6 is 22.9 Å². The van der Waals surface area contributed by atoms with Crippen LogP contribution in [0.15, 0.2) is 37.1 Å². The fourth-order valence-corrected chi connectivity index (χ4v) is 3.90. The molecule has 0 saturated heterocycles. The summed E-state index contributed by atoms with van der Waals surface area (Å²) in [6.07, 6.45) is 0.274. The Morgan fingerprint density at radius 2 is 1.94 bits per heavy atom. The largest absolute Gasteiger partial charge is 0.418 e. The van der Waals surface area contributed by atoms with Gasteiger partial charge in [-0.1, -0.05) is 11.6 Å². The third-order valence-corrected chi connectivity index (χ3v) is 5.92. The zero-order chi connectivity index (χ0) is 23.8. The van der Waals surface area contributed by atoms with Crippen LogP contribution in [0.2, 0.25) is 5.02 Å². The van der Waals surface area contributed by atoms with E-state index < -0.39 is 34.6 Å². The van der Waals surface area contributed by atoms with Crippen LogP contribution in [0.5, 0.6) is 0 Å². The molecule has 0 spiro atoms. The van der Waals surface area contributed by atoms with Gasteiger partial charge in [-0.05, 0) is 19.1 Å². The lowest BCUT2D eigenvalue weighted by Gasteiger charge is -2.11. The van der Waals surface area contributed by atoms with Crippen molar-refractivity contribution in [3.05, 3.63) is 63.2 Å². The topological polar surface area (TPSA) is 126 Å². The molecule has 0 fully saturated rings. The van der Waals surface area contributed by atoms with Crippen molar-refractivity contribution in [1.82, 2.24) is 30.2 Å². The molecule has 1 atom stereocenters. The number of alkyl halides is 3. The molecule has 0 saturated carbocycles. The molecule has 170 valence electrons. The monoisotopic (exact) mass is 495 g/mol. The number of nitrogens with zero attached hydrogens (tertiary/aromatic N) is 4. The Hall–Kier alpha value is -3.58. The van der Waals surface area contributed by atoms with E-state index in [0.717, 1.165) is 17.5 Å². The average molecular weight is 496 g/mol. The summed E-state index contributed by atoms with van der Waals surface area (Å²) in [6, 6.07) is 1.75. The van der Waals surface area contributed by atoms with Gasteiger partial charge < -0.3 is 15.6 Å². The normalized spacial score (nSPS) is 12.5. The van der Waals surface area contributed by atoms with E-state index in [-0.39, 0.29) is 16.4 Å². The number of pyridine rings is 1. The summed E-state index contributed by atoms with van der Waals surface area (Å²) in [6.45, 7) is 1.67. The van der Waals surface area contributed by atoms with E-state index in [0.29, 0.717) is 22.1 Å². The molecule has 4 aromatic heterocycles. The summed E-state index contributed by atoms with van der Waals surface area (Å²) in [5.41, 5.74) is -0.422. The van der Waals surface area contributed by atoms with E-state index in [9.17, 15) is 22.8 Å². The molecule has 1 unspecified atom stereocenters. The zero-order valence-corrected chi connectivity index (χ0v) is 18.1. The van der Waals surface area contributed by atoms with Gasteiger partial charge in [-0.25, -0.2) is 19.9 Å². The van der Waals surface area contributed by atoms with Gasteiger partial charge in [0.15, 0.2) is 0 Å². The maximum absolute atomic E-state index is 13.0. The average Bonchev–Trinajstić information content (AvgIpc) is 3.43. The van der Waals surface area contributed by atoms with Crippen molar-refractivity contribution >= 4 is 51.6 Å². The van der Waals surface area contributed by atoms with E-state index in [1.54, 1.807) is 19.2 Å². The van der Waals surface area contributed by atoms with Crippen molar-refractivity contribution in [1.29, 1.82) is 0 Å². The quantitative estimate of drug-likeness (QED) is 0.380. The summed E-state index contributed by atoms with van der Waals surface area (Å²) in [5.74, 6) is -1.47. The fraction of sp³-hybridized carbons (Fsp3) is 0.158. The predicted octanol–water partition coefficient (Wildman–Crippen LogP) is 4.22. The van der Waals surface area contributed by atoms with Crippen LogP contribution in [0.1, 0.15) is 43.7 Å². The number of hydrogen-bond acceptors (Lipinski definition) is 7. The van der Waals surface area contributed by atoms with Crippen LogP contribution in [0.3, 0.4) is 0 Å². The van der Waals surface area contributed by atoms with Crippen LogP contribution in [-0.2, 0) is 6.18 Å². The number of thiazole rings is 1.